The minimum Gasteiger partial charge on any atom is -0.497 e. The smallest absolute Gasteiger partial charge is 0.278 e. The molecule has 0 atom stereocenters. The maximum atomic E-state index is 14.1. The standard InChI is InChI=1S/C27H23FN4O4/c1-35-20-8-3-17(4-9-20)14-31-16-29-25-22-13-18(28)5-12-23(22)32(26(25)27(31)34)15-24(33)30-19-6-10-21(36-2)11-7-19/h3-13,16H,14-15H2,1-2H3,(H,30,33). The Hall–Kier alpha value is -4.66. The maximum absolute atomic E-state index is 14.1. The lowest BCUT2D eigenvalue weighted by Gasteiger charge is -2.10. The van der Waals surface area contributed by atoms with Crippen molar-refractivity contribution in [3.05, 3.63) is 94.8 Å². The predicted octanol–water partition coefficient (Wildman–Crippen LogP) is 4.19. The van der Waals surface area contributed by atoms with Gasteiger partial charge >= 0.3 is 0 Å². The molecule has 0 saturated carbocycles. The number of hydrogen-bond acceptors (Lipinski definition) is 5. The number of benzene rings is 3. The topological polar surface area (TPSA) is 87.4 Å². The minimum atomic E-state index is -0.451. The molecule has 3 aromatic carbocycles. The van der Waals surface area contributed by atoms with Gasteiger partial charge in [0.25, 0.3) is 5.56 Å². The van der Waals surface area contributed by atoms with Gasteiger partial charge < -0.3 is 19.4 Å². The van der Waals surface area contributed by atoms with Gasteiger partial charge in [-0.2, -0.15) is 0 Å². The maximum Gasteiger partial charge on any atom is 0.278 e. The molecule has 1 amide bonds. The lowest BCUT2D eigenvalue weighted by molar-refractivity contribution is -0.116. The summed E-state index contributed by atoms with van der Waals surface area (Å²) in [5, 5.41) is 3.29. The molecule has 182 valence electrons. The molecule has 0 aliphatic heterocycles. The van der Waals surface area contributed by atoms with Crippen molar-refractivity contribution in [3.63, 3.8) is 0 Å². The van der Waals surface area contributed by atoms with Crippen LogP contribution in [0.2, 0.25) is 0 Å². The van der Waals surface area contributed by atoms with Crippen LogP contribution in [0.4, 0.5) is 10.1 Å². The van der Waals surface area contributed by atoms with E-state index in [4.69, 9.17) is 9.47 Å². The molecule has 0 unspecified atom stereocenters. The molecular weight excluding hydrogens is 463 g/mol. The minimum absolute atomic E-state index is 0.152. The molecule has 0 aliphatic carbocycles. The van der Waals surface area contributed by atoms with Crippen molar-refractivity contribution in [3.8, 4) is 11.5 Å². The van der Waals surface area contributed by atoms with Crippen LogP contribution in [0.5, 0.6) is 11.5 Å². The fraction of sp³-hybridized carbons (Fsp3) is 0.148. The van der Waals surface area contributed by atoms with Gasteiger partial charge in [-0.25, -0.2) is 9.37 Å². The van der Waals surface area contributed by atoms with E-state index < -0.39 is 5.82 Å². The Morgan fingerprint density at radius 1 is 0.972 bits per heavy atom. The van der Waals surface area contributed by atoms with E-state index in [0.717, 1.165) is 5.56 Å². The molecule has 8 nitrogen and oxygen atoms in total. The Balaban J connectivity index is 1.54. The van der Waals surface area contributed by atoms with E-state index in [-0.39, 0.29) is 30.1 Å². The number of amides is 1. The number of methoxy groups -OCH3 is 2. The molecule has 0 spiro atoms. The third kappa shape index (κ3) is 4.38. The summed E-state index contributed by atoms with van der Waals surface area (Å²) in [7, 11) is 3.15. The quantitative estimate of drug-likeness (QED) is 0.373. The number of fused-ring (bicyclic) bond motifs is 3. The van der Waals surface area contributed by atoms with Crippen molar-refractivity contribution in [2.24, 2.45) is 0 Å². The number of carbonyl (C=O) groups excluding carboxylic acids is 1. The number of nitrogens with zero attached hydrogens (tertiary/aromatic N) is 3. The van der Waals surface area contributed by atoms with Crippen molar-refractivity contribution in [2.45, 2.75) is 13.1 Å². The number of rotatable bonds is 7. The largest absolute Gasteiger partial charge is 0.497 e. The second-order valence-electron chi connectivity index (χ2n) is 8.25. The lowest BCUT2D eigenvalue weighted by atomic mass is 10.2. The van der Waals surface area contributed by atoms with Gasteiger partial charge in [0.1, 0.15) is 34.9 Å². The van der Waals surface area contributed by atoms with E-state index in [0.29, 0.717) is 33.6 Å². The molecule has 0 bridgehead atoms. The Bertz CT molecular complexity index is 1620. The van der Waals surface area contributed by atoms with Gasteiger partial charge in [0.05, 0.1) is 32.6 Å². The average molecular weight is 487 g/mol. The summed E-state index contributed by atoms with van der Waals surface area (Å²) in [6.45, 7) is 0.126. The Morgan fingerprint density at radius 3 is 2.31 bits per heavy atom. The first-order valence-electron chi connectivity index (χ1n) is 11.2. The van der Waals surface area contributed by atoms with Gasteiger partial charge in [-0.3, -0.25) is 14.2 Å². The summed E-state index contributed by atoms with van der Waals surface area (Å²) >= 11 is 0. The third-order valence-corrected chi connectivity index (χ3v) is 5.98. The fourth-order valence-corrected chi connectivity index (χ4v) is 4.20. The highest BCUT2D eigenvalue weighted by Crippen LogP contribution is 2.26. The average Bonchev–Trinajstić information content (AvgIpc) is 3.19. The number of aromatic nitrogens is 3. The zero-order chi connectivity index (χ0) is 25.2. The summed E-state index contributed by atoms with van der Waals surface area (Å²) in [6, 6.07) is 18.5. The van der Waals surface area contributed by atoms with Crippen molar-refractivity contribution in [2.75, 3.05) is 19.5 Å². The third-order valence-electron chi connectivity index (χ3n) is 5.98. The first kappa shape index (κ1) is 23.1. The predicted molar refractivity (Wildman–Crippen MR) is 135 cm³/mol. The second kappa shape index (κ2) is 9.53. The number of nitrogens with one attached hydrogen (secondary N) is 1. The van der Waals surface area contributed by atoms with Crippen LogP contribution < -0.4 is 20.3 Å². The van der Waals surface area contributed by atoms with Crippen molar-refractivity contribution >= 4 is 33.5 Å². The van der Waals surface area contributed by atoms with Crippen LogP contribution in [0, 0.1) is 5.82 Å². The Morgan fingerprint density at radius 2 is 1.64 bits per heavy atom. The Labute approximate surface area is 205 Å². The molecule has 5 aromatic rings. The highest BCUT2D eigenvalue weighted by atomic mass is 19.1. The molecule has 9 heteroatoms. The zero-order valence-corrected chi connectivity index (χ0v) is 19.7. The van der Waals surface area contributed by atoms with Gasteiger partial charge in [-0.15, -0.1) is 0 Å². The summed E-state index contributed by atoms with van der Waals surface area (Å²) < 4.78 is 27.5. The number of carbonyl (C=O) groups is 1. The summed E-state index contributed by atoms with van der Waals surface area (Å²) in [5.41, 5.74) is 2.26. The summed E-state index contributed by atoms with van der Waals surface area (Å²) in [4.78, 5) is 31.0. The lowest BCUT2D eigenvalue weighted by Crippen LogP contribution is -2.25. The highest BCUT2D eigenvalue weighted by molar-refractivity contribution is 6.06. The Kier molecular flexibility index (Phi) is 6.12. The molecule has 36 heavy (non-hydrogen) atoms. The van der Waals surface area contributed by atoms with Crippen LogP contribution >= 0.6 is 0 Å². The molecule has 0 aliphatic rings. The van der Waals surface area contributed by atoms with Crippen molar-refractivity contribution in [1.29, 1.82) is 0 Å². The van der Waals surface area contributed by atoms with Crippen molar-refractivity contribution in [1.82, 2.24) is 14.1 Å². The van der Waals surface area contributed by atoms with Gasteiger partial charge in [-0.05, 0) is 60.2 Å². The van der Waals surface area contributed by atoms with Crippen LogP contribution in [0.1, 0.15) is 5.56 Å². The fourth-order valence-electron chi connectivity index (χ4n) is 4.20. The molecule has 2 heterocycles. The van der Waals surface area contributed by atoms with Gasteiger partial charge in [0, 0.05) is 11.1 Å². The van der Waals surface area contributed by atoms with Gasteiger partial charge in [0.15, 0.2) is 0 Å². The van der Waals surface area contributed by atoms with Crippen LogP contribution in [0.25, 0.3) is 21.9 Å². The van der Waals surface area contributed by atoms with Gasteiger partial charge in [0.2, 0.25) is 5.91 Å². The second-order valence-corrected chi connectivity index (χ2v) is 8.25. The van der Waals surface area contributed by atoms with Crippen LogP contribution in [-0.4, -0.2) is 34.2 Å². The van der Waals surface area contributed by atoms with E-state index in [2.05, 4.69) is 10.3 Å². The number of anilines is 1. The van der Waals surface area contributed by atoms with E-state index >= 15 is 0 Å². The first-order chi connectivity index (χ1) is 17.5. The first-order valence-corrected chi connectivity index (χ1v) is 11.2. The SMILES string of the molecule is COc1ccc(Cn2cnc3c4cc(F)ccc4n(CC(=O)Nc4ccc(OC)cc4)c3c2=O)cc1. The summed E-state index contributed by atoms with van der Waals surface area (Å²) in [6.07, 6.45) is 1.45. The molecule has 2 aromatic heterocycles. The normalized spacial score (nSPS) is 11.1. The van der Waals surface area contributed by atoms with Crippen molar-refractivity contribution < 1.29 is 18.7 Å². The molecule has 5 rings (SSSR count). The molecular formula is C27H23FN4O4. The van der Waals surface area contributed by atoms with Gasteiger partial charge in [-0.1, -0.05) is 12.1 Å². The van der Waals surface area contributed by atoms with E-state index in [1.165, 1.54) is 23.0 Å². The van der Waals surface area contributed by atoms with Crippen LogP contribution in [0.3, 0.4) is 0 Å². The zero-order valence-electron chi connectivity index (χ0n) is 19.7. The van der Waals surface area contributed by atoms with E-state index in [1.807, 2.05) is 24.3 Å². The molecule has 1 N–H and O–H groups in total. The highest BCUT2D eigenvalue weighted by Gasteiger charge is 2.19. The summed E-state index contributed by atoms with van der Waals surface area (Å²) in [5.74, 6) is 0.590. The van der Waals surface area contributed by atoms with Crippen LogP contribution in [-0.2, 0) is 17.9 Å². The number of ether oxygens (including phenoxy) is 2. The monoisotopic (exact) mass is 486 g/mol. The van der Waals surface area contributed by atoms with E-state index in [1.54, 1.807) is 49.1 Å². The number of halogens is 1. The van der Waals surface area contributed by atoms with E-state index in [9.17, 15) is 14.0 Å². The molecule has 0 fully saturated rings. The molecule has 0 radical (unpaired) electrons. The molecule has 0 saturated heterocycles. The van der Waals surface area contributed by atoms with Crippen LogP contribution in [0.15, 0.2) is 77.9 Å². The number of hydrogen-bond donors (Lipinski definition) is 1.